The highest BCUT2D eigenvalue weighted by Gasteiger charge is 2.33. The lowest BCUT2D eigenvalue weighted by atomic mass is 10.1. The van der Waals surface area contributed by atoms with E-state index < -0.39 is 17.6 Å². The van der Waals surface area contributed by atoms with E-state index in [1.807, 2.05) is 0 Å². The first-order chi connectivity index (χ1) is 12.8. The predicted octanol–water partition coefficient (Wildman–Crippen LogP) is 3.95. The Morgan fingerprint density at radius 3 is 2.48 bits per heavy atom. The van der Waals surface area contributed by atoms with Gasteiger partial charge in [0.1, 0.15) is 0 Å². The summed E-state index contributed by atoms with van der Waals surface area (Å²) in [5.74, 6) is 0.159. The van der Waals surface area contributed by atoms with Crippen molar-refractivity contribution in [2.75, 3.05) is 11.1 Å². The second-order valence-electron chi connectivity index (χ2n) is 5.49. The largest absolute Gasteiger partial charge is 0.418 e. The van der Waals surface area contributed by atoms with Gasteiger partial charge in [0.2, 0.25) is 11.1 Å². The van der Waals surface area contributed by atoms with Gasteiger partial charge < -0.3 is 11.1 Å². The zero-order valence-electron chi connectivity index (χ0n) is 13.7. The second kappa shape index (κ2) is 7.70. The molecule has 1 heterocycles. The monoisotopic (exact) mass is 393 g/mol. The summed E-state index contributed by atoms with van der Waals surface area (Å²) in [5, 5.41) is 9.24. The van der Waals surface area contributed by atoms with Gasteiger partial charge in [-0.3, -0.25) is 4.79 Å². The fourth-order valence-electron chi connectivity index (χ4n) is 2.26. The van der Waals surface area contributed by atoms with Crippen molar-refractivity contribution in [1.82, 2.24) is 15.2 Å². The van der Waals surface area contributed by atoms with Gasteiger partial charge >= 0.3 is 6.18 Å². The van der Waals surface area contributed by atoms with Crippen LogP contribution in [-0.4, -0.2) is 21.1 Å². The zero-order valence-corrected chi connectivity index (χ0v) is 14.6. The molecule has 0 aliphatic rings. The van der Waals surface area contributed by atoms with E-state index in [1.165, 1.54) is 30.0 Å². The maximum Gasteiger partial charge on any atom is 0.418 e. The lowest BCUT2D eigenvalue weighted by Gasteiger charge is -2.13. The van der Waals surface area contributed by atoms with Crippen LogP contribution >= 0.6 is 11.8 Å². The Balaban J connectivity index is 1.66. The molecule has 3 rings (SSSR count). The molecule has 2 aromatic carbocycles. The number of hydrogen-bond acceptors (Lipinski definition) is 5. The normalized spacial score (nSPS) is 11.4. The van der Waals surface area contributed by atoms with Gasteiger partial charge in [0, 0.05) is 11.3 Å². The number of hydrogen-bond donors (Lipinski definition) is 3. The number of amides is 1. The third-order valence-corrected chi connectivity index (χ3v) is 4.47. The number of aromatic amines is 1. The minimum Gasteiger partial charge on any atom is -0.368 e. The van der Waals surface area contributed by atoms with E-state index in [0.717, 1.165) is 11.6 Å². The number of benzene rings is 2. The van der Waals surface area contributed by atoms with Gasteiger partial charge in [0.05, 0.1) is 11.3 Å². The van der Waals surface area contributed by atoms with Crippen LogP contribution in [0.2, 0.25) is 0 Å². The number of anilines is 2. The second-order valence-corrected chi connectivity index (χ2v) is 6.43. The summed E-state index contributed by atoms with van der Waals surface area (Å²) >= 11 is 1.36. The molecule has 0 radical (unpaired) electrons. The molecule has 0 spiro atoms. The topological polar surface area (TPSA) is 96.7 Å². The van der Waals surface area contributed by atoms with E-state index in [4.69, 9.17) is 5.73 Å². The highest BCUT2D eigenvalue weighted by atomic mass is 32.2. The highest BCUT2D eigenvalue weighted by molar-refractivity contribution is 7.98. The summed E-state index contributed by atoms with van der Waals surface area (Å²) < 4.78 is 39.0. The maximum absolute atomic E-state index is 13.0. The van der Waals surface area contributed by atoms with Crippen molar-refractivity contribution in [3.63, 3.8) is 0 Å². The number of aromatic nitrogens is 3. The van der Waals surface area contributed by atoms with Crippen molar-refractivity contribution >= 4 is 29.3 Å². The van der Waals surface area contributed by atoms with Gasteiger partial charge in [-0.1, -0.05) is 36.0 Å². The number of halogens is 3. The number of carbonyl (C=O) groups is 1. The number of H-pyrrole nitrogens is 1. The third kappa shape index (κ3) is 4.79. The average molecular weight is 393 g/mol. The molecule has 0 unspecified atom stereocenters. The highest BCUT2D eigenvalue weighted by Crippen LogP contribution is 2.34. The molecule has 4 N–H and O–H groups in total. The first kappa shape index (κ1) is 18.8. The van der Waals surface area contributed by atoms with E-state index in [0.29, 0.717) is 10.9 Å². The molecule has 0 atom stereocenters. The fraction of sp³-hybridized carbons (Fsp3) is 0.118. The molecule has 27 heavy (non-hydrogen) atoms. The molecule has 0 aliphatic carbocycles. The number of nitrogens with one attached hydrogen (secondary N) is 2. The Labute approximate surface area is 156 Å². The Bertz CT molecular complexity index is 940. The smallest absolute Gasteiger partial charge is 0.368 e. The summed E-state index contributed by atoms with van der Waals surface area (Å²) in [7, 11) is 0. The lowest BCUT2D eigenvalue weighted by molar-refractivity contribution is -0.136. The first-order valence-electron chi connectivity index (χ1n) is 7.70. The van der Waals surface area contributed by atoms with E-state index in [9.17, 15) is 18.0 Å². The van der Waals surface area contributed by atoms with Crippen molar-refractivity contribution in [3.05, 3.63) is 65.2 Å². The van der Waals surface area contributed by atoms with Crippen LogP contribution in [-0.2, 0) is 11.9 Å². The number of carbonyl (C=O) groups excluding carboxylic acids is 1. The van der Waals surface area contributed by atoms with E-state index in [-0.39, 0.29) is 17.2 Å². The number of para-hydroxylation sites is 1. The standard InChI is InChI=1S/C17H14F3N5OS/c18-17(19,20)12-3-1-2-4-13(12)22-14(26)11-7-5-10(6-8-11)9-27-16-23-15(21)24-25-16/h1-8H,9H2,(H,22,26)(H3,21,23,24,25). The van der Waals surface area contributed by atoms with E-state index in [2.05, 4.69) is 20.5 Å². The maximum atomic E-state index is 13.0. The Morgan fingerprint density at radius 1 is 1.15 bits per heavy atom. The van der Waals surface area contributed by atoms with Crippen LogP contribution in [0.5, 0.6) is 0 Å². The number of nitrogen functional groups attached to an aromatic ring is 1. The quantitative estimate of drug-likeness (QED) is 0.571. The van der Waals surface area contributed by atoms with Gasteiger partial charge in [-0.15, -0.1) is 5.10 Å². The van der Waals surface area contributed by atoms with Crippen molar-refractivity contribution in [3.8, 4) is 0 Å². The SMILES string of the molecule is Nc1nc(SCc2ccc(C(=O)Nc3ccccc3C(F)(F)F)cc2)n[nH]1. The summed E-state index contributed by atoms with van der Waals surface area (Å²) in [5.41, 5.74) is 5.42. The summed E-state index contributed by atoms with van der Waals surface area (Å²) in [4.78, 5) is 16.2. The minimum atomic E-state index is -4.55. The molecule has 1 amide bonds. The van der Waals surface area contributed by atoms with Gasteiger partial charge in [-0.05, 0) is 29.8 Å². The molecular formula is C17H14F3N5OS. The lowest BCUT2D eigenvalue weighted by Crippen LogP contribution is -2.16. The Morgan fingerprint density at radius 2 is 1.85 bits per heavy atom. The number of alkyl halides is 3. The van der Waals surface area contributed by atoms with Gasteiger partial charge in [0.25, 0.3) is 5.91 Å². The van der Waals surface area contributed by atoms with Crippen LogP contribution in [0.1, 0.15) is 21.5 Å². The molecular weight excluding hydrogens is 379 g/mol. The van der Waals surface area contributed by atoms with Gasteiger partial charge in [0.15, 0.2) is 0 Å². The van der Waals surface area contributed by atoms with E-state index >= 15 is 0 Å². The van der Waals surface area contributed by atoms with Crippen LogP contribution in [0.15, 0.2) is 53.7 Å². The van der Waals surface area contributed by atoms with Gasteiger partial charge in [-0.25, -0.2) is 5.10 Å². The summed E-state index contributed by atoms with van der Waals surface area (Å²) in [6.07, 6.45) is -4.55. The first-order valence-corrected chi connectivity index (χ1v) is 8.68. The molecule has 6 nitrogen and oxygen atoms in total. The van der Waals surface area contributed by atoms with Crippen LogP contribution in [0, 0.1) is 0 Å². The van der Waals surface area contributed by atoms with Gasteiger partial charge in [-0.2, -0.15) is 18.2 Å². The number of thioether (sulfide) groups is 1. The van der Waals surface area contributed by atoms with Crippen molar-refractivity contribution < 1.29 is 18.0 Å². The molecule has 0 bridgehead atoms. The molecule has 0 saturated heterocycles. The zero-order chi connectivity index (χ0) is 19.4. The predicted molar refractivity (Wildman–Crippen MR) is 96.2 cm³/mol. The Kier molecular flexibility index (Phi) is 5.36. The molecule has 140 valence electrons. The number of rotatable bonds is 5. The molecule has 1 aromatic heterocycles. The van der Waals surface area contributed by atoms with E-state index in [1.54, 1.807) is 24.3 Å². The van der Waals surface area contributed by atoms with Crippen LogP contribution in [0.4, 0.5) is 24.8 Å². The van der Waals surface area contributed by atoms with Crippen LogP contribution in [0.3, 0.4) is 0 Å². The molecule has 0 aliphatic heterocycles. The van der Waals surface area contributed by atoms with Crippen molar-refractivity contribution in [1.29, 1.82) is 0 Å². The minimum absolute atomic E-state index is 0.226. The summed E-state index contributed by atoms with van der Waals surface area (Å²) in [6, 6.07) is 11.4. The number of nitrogens with two attached hydrogens (primary N) is 1. The van der Waals surface area contributed by atoms with Crippen molar-refractivity contribution in [2.45, 2.75) is 17.1 Å². The molecule has 0 saturated carbocycles. The van der Waals surface area contributed by atoms with Crippen molar-refractivity contribution in [2.24, 2.45) is 0 Å². The molecule has 0 fully saturated rings. The van der Waals surface area contributed by atoms with Crippen LogP contribution in [0.25, 0.3) is 0 Å². The fourth-order valence-corrected chi connectivity index (χ4v) is 3.02. The third-order valence-electron chi connectivity index (χ3n) is 3.55. The average Bonchev–Trinajstić information content (AvgIpc) is 3.05. The molecule has 3 aromatic rings. The van der Waals surface area contributed by atoms with Crippen LogP contribution < -0.4 is 11.1 Å². The molecule has 10 heteroatoms. The summed E-state index contributed by atoms with van der Waals surface area (Å²) in [6.45, 7) is 0. The number of nitrogens with zero attached hydrogens (tertiary/aromatic N) is 2. The Hall–Kier alpha value is -3.01.